The van der Waals surface area contributed by atoms with Gasteiger partial charge in [0, 0.05) is 5.69 Å². The number of ether oxygens (including phenoxy) is 1. The van der Waals surface area contributed by atoms with Crippen molar-refractivity contribution in [3.05, 3.63) is 29.8 Å². The minimum absolute atomic E-state index is 0.377. The summed E-state index contributed by atoms with van der Waals surface area (Å²) in [6.45, 7) is 1.43. The molecule has 0 unspecified atom stereocenters. The summed E-state index contributed by atoms with van der Waals surface area (Å²) in [6, 6.07) is 5.60. The molecule has 1 atom stereocenters. The van der Waals surface area contributed by atoms with E-state index < -0.39 is 30.6 Å². The third kappa shape index (κ3) is 7.05. The number of rotatable bonds is 8. The Kier molecular flexibility index (Phi) is 7.96. The second-order valence-corrected chi connectivity index (χ2v) is 5.80. The molecular formula is C15H21N3O4S. The number of para-hydroxylation sites is 1. The lowest BCUT2D eigenvalue weighted by Crippen LogP contribution is -2.45. The number of hydrogen-bond donors (Lipinski definition) is 3. The Bertz CT molecular complexity index is 565. The molecule has 1 rings (SSSR count). The lowest BCUT2D eigenvalue weighted by atomic mass is 10.2. The first-order chi connectivity index (χ1) is 10.9. The average molecular weight is 339 g/mol. The molecule has 0 heterocycles. The molecule has 1 aromatic carbocycles. The molecule has 0 aromatic heterocycles. The number of amides is 3. The van der Waals surface area contributed by atoms with Crippen LogP contribution in [0.3, 0.4) is 0 Å². The molecule has 3 amide bonds. The summed E-state index contributed by atoms with van der Waals surface area (Å²) in [7, 11) is 0. The summed E-state index contributed by atoms with van der Waals surface area (Å²) in [5.74, 6) is -0.483. The van der Waals surface area contributed by atoms with Gasteiger partial charge in [0.1, 0.15) is 6.04 Å². The number of benzene rings is 1. The molecule has 0 saturated carbocycles. The van der Waals surface area contributed by atoms with Gasteiger partial charge in [-0.3, -0.25) is 4.79 Å². The van der Waals surface area contributed by atoms with Gasteiger partial charge in [-0.1, -0.05) is 18.2 Å². The maximum Gasteiger partial charge on any atom is 0.329 e. The number of esters is 1. The predicted molar refractivity (Wildman–Crippen MR) is 90.3 cm³/mol. The van der Waals surface area contributed by atoms with Crippen LogP contribution in [0.4, 0.5) is 10.5 Å². The normalized spacial score (nSPS) is 11.4. The van der Waals surface area contributed by atoms with Crippen LogP contribution in [-0.4, -0.2) is 42.6 Å². The first-order valence-electron chi connectivity index (χ1n) is 7.01. The van der Waals surface area contributed by atoms with E-state index in [0.29, 0.717) is 17.9 Å². The number of anilines is 1. The van der Waals surface area contributed by atoms with Crippen molar-refractivity contribution in [1.82, 2.24) is 5.32 Å². The van der Waals surface area contributed by atoms with Crippen LogP contribution in [0.2, 0.25) is 0 Å². The molecule has 23 heavy (non-hydrogen) atoms. The molecule has 0 radical (unpaired) electrons. The van der Waals surface area contributed by atoms with Crippen molar-refractivity contribution in [3.63, 3.8) is 0 Å². The highest BCUT2D eigenvalue weighted by Crippen LogP contribution is 2.12. The average Bonchev–Trinajstić information content (AvgIpc) is 2.51. The third-order valence-corrected chi connectivity index (χ3v) is 3.62. The van der Waals surface area contributed by atoms with Gasteiger partial charge in [-0.15, -0.1) is 0 Å². The number of thioether (sulfide) groups is 1. The number of primary amides is 1. The Hall–Kier alpha value is -2.22. The smallest absolute Gasteiger partial charge is 0.329 e. The number of carbonyl (C=O) groups is 3. The Morgan fingerprint density at radius 1 is 1.30 bits per heavy atom. The summed E-state index contributed by atoms with van der Waals surface area (Å²) in [4.78, 5) is 34.7. The van der Waals surface area contributed by atoms with Gasteiger partial charge >= 0.3 is 12.0 Å². The zero-order valence-corrected chi connectivity index (χ0v) is 13.9. The van der Waals surface area contributed by atoms with Gasteiger partial charge in [-0.25, -0.2) is 9.59 Å². The minimum atomic E-state index is -0.855. The van der Waals surface area contributed by atoms with Crippen LogP contribution in [0.25, 0.3) is 0 Å². The molecule has 0 spiro atoms. The van der Waals surface area contributed by atoms with E-state index in [2.05, 4.69) is 10.6 Å². The molecular weight excluding hydrogens is 318 g/mol. The van der Waals surface area contributed by atoms with Crippen LogP contribution in [0, 0.1) is 6.92 Å². The van der Waals surface area contributed by atoms with Gasteiger partial charge in [-0.05, 0) is 37.0 Å². The van der Waals surface area contributed by atoms with E-state index in [-0.39, 0.29) is 0 Å². The highest BCUT2D eigenvalue weighted by atomic mass is 32.2. The Balaban J connectivity index is 2.50. The summed E-state index contributed by atoms with van der Waals surface area (Å²) in [5, 5.41) is 4.97. The molecule has 7 nitrogen and oxygen atoms in total. The van der Waals surface area contributed by atoms with Crippen LogP contribution >= 0.6 is 11.8 Å². The van der Waals surface area contributed by atoms with Gasteiger partial charge in [0.2, 0.25) is 0 Å². The van der Waals surface area contributed by atoms with Gasteiger partial charge in [0.05, 0.1) is 0 Å². The maximum atomic E-state index is 11.9. The maximum absolute atomic E-state index is 11.9. The van der Waals surface area contributed by atoms with E-state index in [0.717, 1.165) is 5.56 Å². The van der Waals surface area contributed by atoms with E-state index in [1.54, 1.807) is 12.1 Å². The van der Waals surface area contributed by atoms with Gasteiger partial charge in [0.15, 0.2) is 6.61 Å². The zero-order valence-electron chi connectivity index (χ0n) is 13.1. The van der Waals surface area contributed by atoms with Crippen LogP contribution < -0.4 is 16.4 Å². The molecule has 0 aliphatic heterocycles. The summed E-state index contributed by atoms with van der Waals surface area (Å²) >= 11 is 1.52. The summed E-state index contributed by atoms with van der Waals surface area (Å²) in [5.41, 5.74) is 6.59. The molecule has 126 valence electrons. The molecule has 0 aliphatic rings. The minimum Gasteiger partial charge on any atom is -0.454 e. The molecule has 0 saturated heterocycles. The quantitative estimate of drug-likeness (QED) is 0.618. The number of nitrogens with one attached hydrogen (secondary N) is 2. The van der Waals surface area contributed by atoms with Crippen LogP contribution in [-0.2, 0) is 14.3 Å². The lowest BCUT2D eigenvalue weighted by molar-refractivity contribution is -0.149. The van der Waals surface area contributed by atoms with Crippen molar-refractivity contribution >= 4 is 35.4 Å². The summed E-state index contributed by atoms with van der Waals surface area (Å²) in [6.07, 6.45) is 2.25. The predicted octanol–water partition coefficient (Wildman–Crippen LogP) is 1.27. The molecule has 8 heteroatoms. The molecule has 0 fully saturated rings. The Labute approximate surface area is 139 Å². The van der Waals surface area contributed by atoms with Crippen LogP contribution in [0.15, 0.2) is 24.3 Å². The molecule has 0 aliphatic carbocycles. The van der Waals surface area contributed by atoms with E-state index in [1.165, 1.54) is 11.8 Å². The van der Waals surface area contributed by atoms with Gasteiger partial charge in [0.25, 0.3) is 5.91 Å². The second-order valence-electron chi connectivity index (χ2n) is 4.81. The van der Waals surface area contributed by atoms with Crippen molar-refractivity contribution in [2.24, 2.45) is 5.73 Å². The highest BCUT2D eigenvalue weighted by Gasteiger charge is 2.21. The van der Waals surface area contributed by atoms with Gasteiger partial charge < -0.3 is 21.1 Å². The summed E-state index contributed by atoms with van der Waals surface area (Å²) < 4.78 is 4.95. The van der Waals surface area contributed by atoms with E-state index in [4.69, 9.17) is 10.5 Å². The SMILES string of the molecule is CSCC[C@H](NC(N)=O)C(=O)OCC(=O)Nc1ccccc1C. The topological polar surface area (TPSA) is 111 Å². The largest absolute Gasteiger partial charge is 0.454 e. The monoisotopic (exact) mass is 339 g/mol. The van der Waals surface area contributed by atoms with E-state index >= 15 is 0 Å². The zero-order chi connectivity index (χ0) is 17.2. The number of carbonyl (C=O) groups excluding carboxylic acids is 3. The lowest BCUT2D eigenvalue weighted by Gasteiger charge is -2.16. The fourth-order valence-corrected chi connectivity index (χ4v) is 2.26. The van der Waals surface area contributed by atoms with E-state index in [9.17, 15) is 14.4 Å². The molecule has 0 bridgehead atoms. The standard InChI is InChI=1S/C15H21N3O4S/c1-10-5-3-4-6-11(10)17-13(19)9-22-14(20)12(7-8-23-2)18-15(16)21/h3-6,12H,7-9H2,1-2H3,(H,17,19)(H3,16,18,21)/t12-/m0/s1. The van der Waals surface area contributed by atoms with Crippen LogP contribution in [0.5, 0.6) is 0 Å². The van der Waals surface area contributed by atoms with Crippen molar-refractivity contribution in [2.75, 3.05) is 23.9 Å². The van der Waals surface area contributed by atoms with Crippen molar-refractivity contribution in [3.8, 4) is 0 Å². The Morgan fingerprint density at radius 2 is 2.00 bits per heavy atom. The van der Waals surface area contributed by atoms with Crippen molar-refractivity contribution in [1.29, 1.82) is 0 Å². The number of aryl methyl sites for hydroxylation is 1. The first kappa shape index (κ1) is 18.8. The third-order valence-electron chi connectivity index (χ3n) is 2.98. The number of hydrogen-bond acceptors (Lipinski definition) is 5. The Morgan fingerprint density at radius 3 is 2.61 bits per heavy atom. The van der Waals surface area contributed by atoms with Gasteiger partial charge in [-0.2, -0.15) is 11.8 Å². The van der Waals surface area contributed by atoms with Crippen molar-refractivity contribution < 1.29 is 19.1 Å². The van der Waals surface area contributed by atoms with Crippen molar-refractivity contribution in [2.45, 2.75) is 19.4 Å². The fraction of sp³-hybridized carbons (Fsp3) is 0.400. The second kappa shape index (κ2) is 9.73. The number of urea groups is 1. The highest BCUT2D eigenvalue weighted by molar-refractivity contribution is 7.98. The molecule has 1 aromatic rings. The molecule has 4 N–H and O–H groups in total. The van der Waals surface area contributed by atoms with E-state index in [1.807, 2.05) is 25.3 Å². The first-order valence-corrected chi connectivity index (χ1v) is 8.40. The number of nitrogens with two attached hydrogens (primary N) is 1. The fourth-order valence-electron chi connectivity index (χ4n) is 1.79. The van der Waals surface area contributed by atoms with Crippen LogP contribution in [0.1, 0.15) is 12.0 Å².